The Balaban J connectivity index is 1.93. The molecule has 0 atom stereocenters. The van der Waals surface area contributed by atoms with Gasteiger partial charge in [-0.15, -0.1) is 11.3 Å². The van der Waals surface area contributed by atoms with Crippen molar-refractivity contribution in [1.82, 2.24) is 10.3 Å². The molecule has 0 aliphatic heterocycles. The lowest BCUT2D eigenvalue weighted by atomic mass is 9.70. The second-order valence-electron chi connectivity index (χ2n) is 5.71. The predicted molar refractivity (Wildman–Crippen MR) is 77.8 cm³/mol. The third kappa shape index (κ3) is 3.34. The van der Waals surface area contributed by atoms with E-state index in [4.69, 9.17) is 5.73 Å². The number of amides is 1. The first-order valence-electron chi connectivity index (χ1n) is 6.95. The first-order valence-corrected chi connectivity index (χ1v) is 7.83. The van der Waals surface area contributed by atoms with Gasteiger partial charge < -0.3 is 11.1 Å². The Morgan fingerprint density at radius 1 is 1.58 bits per heavy atom. The zero-order valence-electron chi connectivity index (χ0n) is 11.7. The van der Waals surface area contributed by atoms with Crippen LogP contribution < -0.4 is 11.1 Å². The second kappa shape index (κ2) is 6.01. The molecular weight excluding hydrogens is 258 g/mol. The lowest BCUT2D eigenvalue weighted by Gasteiger charge is -2.37. The van der Waals surface area contributed by atoms with E-state index in [0.717, 1.165) is 36.4 Å². The second-order valence-corrected chi connectivity index (χ2v) is 6.77. The summed E-state index contributed by atoms with van der Waals surface area (Å²) >= 11 is 1.61. The number of thiazole rings is 1. The summed E-state index contributed by atoms with van der Waals surface area (Å²) in [4.78, 5) is 16.8. The fourth-order valence-electron chi connectivity index (χ4n) is 2.69. The minimum atomic E-state index is -0.350. The van der Waals surface area contributed by atoms with Crippen LogP contribution in [-0.4, -0.2) is 17.4 Å². The molecule has 0 saturated heterocycles. The van der Waals surface area contributed by atoms with E-state index in [1.807, 2.05) is 12.3 Å². The fourth-order valence-corrected chi connectivity index (χ4v) is 3.30. The normalized spacial score (nSPS) is 27.2. The number of aryl methyl sites for hydroxylation is 1. The van der Waals surface area contributed by atoms with E-state index in [0.29, 0.717) is 19.0 Å². The largest absolute Gasteiger partial charge is 0.350 e. The van der Waals surface area contributed by atoms with E-state index in [9.17, 15) is 4.79 Å². The molecule has 0 radical (unpaired) electrons. The zero-order valence-corrected chi connectivity index (χ0v) is 12.6. The molecule has 2 rings (SSSR count). The molecule has 1 aliphatic rings. The number of carbonyl (C=O) groups excluding carboxylic acids is 1. The summed E-state index contributed by atoms with van der Waals surface area (Å²) in [6.07, 6.45) is 4.01. The van der Waals surface area contributed by atoms with Crippen LogP contribution in [0.5, 0.6) is 0 Å². The first-order chi connectivity index (χ1) is 9.05. The average molecular weight is 281 g/mol. The van der Waals surface area contributed by atoms with Crippen LogP contribution in [-0.2, 0) is 11.3 Å². The molecule has 1 saturated carbocycles. The molecule has 0 unspecified atom stereocenters. The Morgan fingerprint density at radius 3 is 2.79 bits per heavy atom. The van der Waals surface area contributed by atoms with Gasteiger partial charge in [0.05, 0.1) is 22.7 Å². The van der Waals surface area contributed by atoms with Crippen molar-refractivity contribution in [2.45, 2.75) is 46.1 Å². The number of aromatic nitrogens is 1. The number of nitrogens with zero attached hydrogens (tertiary/aromatic N) is 1. The van der Waals surface area contributed by atoms with Crippen molar-refractivity contribution in [3.05, 3.63) is 16.1 Å². The van der Waals surface area contributed by atoms with Crippen molar-refractivity contribution in [2.75, 3.05) is 6.54 Å². The maximum absolute atomic E-state index is 12.4. The molecule has 19 heavy (non-hydrogen) atoms. The van der Waals surface area contributed by atoms with Crippen LogP contribution in [0.1, 0.15) is 43.3 Å². The third-order valence-electron chi connectivity index (χ3n) is 4.20. The van der Waals surface area contributed by atoms with Gasteiger partial charge in [-0.3, -0.25) is 4.79 Å². The van der Waals surface area contributed by atoms with Gasteiger partial charge in [0, 0.05) is 11.9 Å². The molecule has 4 nitrogen and oxygen atoms in total. The number of hydrogen-bond acceptors (Lipinski definition) is 4. The summed E-state index contributed by atoms with van der Waals surface area (Å²) in [6.45, 7) is 5.18. The summed E-state index contributed by atoms with van der Waals surface area (Å²) in [6, 6.07) is 0. The summed E-state index contributed by atoms with van der Waals surface area (Å²) in [5, 5.41) is 6.04. The Kier molecular flexibility index (Phi) is 4.58. The number of nitrogens with one attached hydrogen (secondary N) is 1. The van der Waals surface area contributed by atoms with E-state index in [-0.39, 0.29) is 11.3 Å². The third-order valence-corrected chi connectivity index (χ3v) is 5.02. The first kappa shape index (κ1) is 14.5. The molecule has 5 heteroatoms. The molecule has 1 aromatic rings. The van der Waals surface area contributed by atoms with Crippen molar-refractivity contribution in [3.63, 3.8) is 0 Å². The maximum Gasteiger partial charge on any atom is 0.227 e. The van der Waals surface area contributed by atoms with Crippen molar-refractivity contribution in [1.29, 1.82) is 0 Å². The van der Waals surface area contributed by atoms with E-state index in [1.165, 1.54) is 0 Å². The monoisotopic (exact) mass is 281 g/mol. The SMILES string of the molecule is Cc1nc(CNC(=O)C2(CN)CCC(C)CC2)cs1. The Bertz CT molecular complexity index is 436. The van der Waals surface area contributed by atoms with Gasteiger partial charge in [0.1, 0.15) is 0 Å². The summed E-state index contributed by atoms with van der Waals surface area (Å²) < 4.78 is 0. The molecule has 1 fully saturated rings. The topological polar surface area (TPSA) is 68.0 Å². The molecule has 106 valence electrons. The molecule has 1 amide bonds. The Hall–Kier alpha value is -0.940. The van der Waals surface area contributed by atoms with Crippen LogP contribution in [0.15, 0.2) is 5.38 Å². The molecule has 3 N–H and O–H groups in total. The van der Waals surface area contributed by atoms with Gasteiger partial charge in [-0.2, -0.15) is 0 Å². The van der Waals surface area contributed by atoms with E-state index in [1.54, 1.807) is 11.3 Å². The highest BCUT2D eigenvalue weighted by Crippen LogP contribution is 2.38. The summed E-state index contributed by atoms with van der Waals surface area (Å²) in [7, 11) is 0. The molecule has 0 bridgehead atoms. The van der Waals surface area contributed by atoms with Crippen LogP contribution in [0.2, 0.25) is 0 Å². The lowest BCUT2D eigenvalue weighted by molar-refractivity contribution is -0.133. The van der Waals surface area contributed by atoms with Crippen molar-refractivity contribution in [2.24, 2.45) is 17.1 Å². The van der Waals surface area contributed by atoms with E-state index < -0.39 is 0 Å². The predicted octanol–water partition coefficient (Wildman–Crippen LogP) is 2.22. The summed E-state index contributed by atoms with van der Waals surface area (Å²) in [5.41, 5.74) is 6.47. The van der Waals surface area contributed by atoms with Gasteiger partial charge in [-0.05, 0) is 38.5 Å². The van der Waals surface area contributed by atoms with Gasteiger partial charge in [-0.25, -0.2) is 4.98 Å². The smallest absolute Gasteiger partial charge is 0.227 e. The number of carbonyl (C=O) groups is 1. The molecular formula is C14H23N3OS. The van der Waals surface area contributed by atoms with Crippen LogP contribution in [0.3, 0.4) is 0 Å². The van der Waals surface area contributed by atoms with Crippen LogP contribution in [0.25, 0.3) is 0 Å². The molecule has 1 aliphatic carbocycles. The van der Waals surface area contributed by atoms with E-state index in [2.05, 4.69) is 17.2 Å². The standard InChI is InChI=1S/C14H23N3OS/c1-10-3-5-14(9-15,6-4-10)13(18)16-7-12-8-19-11(2)17-12/h8,10H,3-7,9,15H2,1-2H3,(H,16,18). The maximum atomic E-state index is 12.4. The van der Waals surface area contributed by atoms with Gasteiger partial charge in [0.15, 0.2) is 0 Å². The van der Waals surface area contributed by atoms with Gasteiger partial charge >= 0.3 is 0 Å². The van der Waals surface area contributed by atoms with Crippen molar-refractivity contribution >= 4 is 17.2 Å². The zero-order chi connectivity index (χ0) is 13.9. The van der Waals surface area contributed by atoms with Crippen LogP contribution >= 0.6 is 11.3 Å². The highest BCUT2D eigenvalue weighted by atomic mass is 32.1. The average Bonchev–Trinajstić information content (AvgIpc) is 2.83. The van der Waals surface area contributed by atoms with Gasteiger partial charge in [0.2, 0.25) is 5.91 Å². The fraction of sp³-hybridized carbons (Fsp3) is 0.714. The Morgan fingerprint density at radius 2 is 2.26 bits per heavy atom. The Labute approximate surface area is 118 Å². The molecule has 1 heterocycles. The van der Waals surface area contributed by atoms with Crippen molar-refractivity contribution in [3.8, 4) is 0 Å². The highest BCUT2D eigenvalue weighted by Gasteiger charge is 2.39. The van der Waals surface area contributed by atoms with Gasteiger partial charge in [-0.1, -0.05) is 6.92 Å². The van der Waals surface area contributed by atoms with Gasteiger partial charge in [0.25, 0.3) is 0 Å². The van der Waals surface area contributed by atoms with Crippen LogP contribution in [0, 0.1) is 18.3 Å². The van der Waals surface area contributed by atoms with Crippen LogP contribution in [0.4, 0.5) is 0 Å². The minimum Gasteiger partial charge on any atom is -0.350 e. The summed E-state index contributed by atoms with van der Waals surface area (Å²) in [5.74, 6) is 0.821. The molecule has 0 aromatic carbocycles. The molecule has 0 spiro atoms. The minimum absolute atomic E-state index is 0.104. The number of nitrogens with two attached hydrogens (primary N) is 1. The molecule has 1 aromatic heterocycles. The number of hydrogen-bond donors (Lipinski definition) is 2. The van der Waals surface area contributed by atoms with E-state index >= 15 is 0 Å². The number of rotatable bonds is 4. The van der Waals surface area contributed by atoms with Crippen molar-refractivity contribution < 1.29 is 4.79 Å². The quantitative estimate of drug-likeness (QED) is 0.889. The highest BCUT2D eigenvalue weighted by molar-refractivity contribution is 7.09. The lowest BCUT2D eigenvalue weighted by Crippen LogP contribution is -2.47.